The quantitative estimate of drug-likeness (QED) is 0.691. The summed E-state index contributed by atoms with van der Waals surface area (Å²) >= 11 is 0. The summed E-state index contributed by atoms with van der Waals surface area (Å²) in [7, 11) is -3.55. The second-order valence-corrected chi connectivity index (χ2v) is 7.10. The van der Waals surface area contributed by atoms with Gasteiger partial charge in [-0.25, -0.2) is 13.1 Å². The van der Waals surface area contributed by atoms with E-state index in [-0.39, 0.29) is 23.3 Å². The molecule has 0 radical (unpaired) electrons. The van der Waals surface area contributed by atoms with Crippen molar-refractivity contribution >= 4 is 15.9 Å². The monoisotopic (exact) mass is 314 g/mol. The van der Waals surface area contributed by atoms with Crippen LogP contribution in [0.3, 0.4) is 0 Å². The van der Waals surface area contributed by atoms with Crippen LogP contribution in [0.5, 0.6) is 0 Å². The zero-order valence-electron chi connectivity index (χ0n) is 12.5. The molecule has 0 aliphatic rings. The van der Waals surface area contributed by atoms with Gasteiger partial charge in [0.25, 0.3) is 5.91 Å². The summed E-state index contributed by atoms with van der Waals surface area (Å²) < 4.78 is 26.5. The van der Waals surface area contributed by atoms with Crippen LogP contribution in [0.1, 0.15) is 31.1 Å². The molecule has 0 aliphatic carbocycles. The van der Waals surface area contributed by atoms with E-state index in [2.05, 4.69) is 10.0 Å². The minimum Gasteiger partial charge on any atom is -0.392 e. The highest BCUT2D eigenvalue weighted by Crippen LogP contribution is 2.11. The molecular weight excluding hydrogens is 292 g/mol. The van der Waals surface area contributed by atoms with E-state index in [0.29, 0.717) is 12.1 Å². The Bertz CT molecular complexity index is 565. The molecule has 0 aromatic heterocycles. The summed E-state index contributed by atoms with van der Waals surface area (Å²) in [5.74, 6) is -0.139. The summed E-state index contributed by atoms with van der Waals surface area (Å²) in [6.45, 7) is 5.90. The van der Waals surface area contributed by atoms with Gasteiger partial charge in [-0.1, -0.05) is 13.8 Å². The summed E-state index contributed by atoms with van der Waals surface area (Å²) in [6, 6.07) is 5.67. The Balaban J connectivity index is 2.75. The average Bonchev–Trinajstić information content (AvgIpc) is 2.43. The normalized spacial score (nSPS) is 13.2. The van der Waals surface area contributed by atoms with E-state index in [0.717, 1.165) is 0 Å². The molecule has 21 heavy (non-hydrogen) atoms. The van der Waals surface area contributed by atoms with Crippen molar-refractivity contribution in [2.24, 2.45) is 5.92 Å². The number of sulfonamides is 1. The van der Waals surface area contributed by atoms with Gasteiger partial charge in [0.15, 0.2) is 0 Å². The Morgan fingerprint density at radius 2 is 1.71 bits per heavy atom. The maximum Gasteiger partial charge on any atom is 0.251 e. The molecule has 1 unspecified atom stereocenters. The van der Waals surface area contributed by atoms with E-state index >= 15 is 0 Å². The third-order valence-electron chi connectivity index (χ3n) is 2.67. The van der Waals surface area contributed by atoms with Gasteiger partial charge >= 0.3 is 0 Å². The van der Waals surface area contributed by atoms with Gasteiger partial charge in [-0.3, -0.25) is 4.79 Å². The SMILES string of the molecule is CC(C)CNS(=O)(=O)c1ccc(C(=O)NCC(C)O)cc1. The number of hydrogen-bond acceptors (Lipinski definition) is 4. The van der Waals surface area contributed by atoms with Crippen molar-refractivity contribution in [1.82, 2.24) is 10.0 Å². The van der Waals surface area contributed by atoms with Crippen molar-refractivity contribution < 1.29 is 18.3 Å². The first-order valence-electron chi connectivity index (χ1n) is 6.78. The first kappa shape index (κ1) is 17.6. The van der Waals surface area contributed by atoms with Crippen molar-refractivity contribution in [1.29, 1.82) is 0 Å². The number of carbonyl (C=O) groups is 1. The number of aliphatic hydroxyl groups excluding tert-OH is 1. The number of carbonyl (C=O) groups excluding carboxylic acids is 1. The van der Waals surface area contributed by atoms with E-state index in [1.165, 1.54) is 24.3 Å². The number of amides is 1. The smallest absolute Gasteiger partial charge is 0.251 e. The largest absolute Gasteiger partial charge is 0.392 e. The highest BCUT2D eigenvalue weighted by Gasteiger charge is 2.15. The molecule has 6 nitrogen and oxygen atoms in total. The number of benzene rings is 1. The zero-order valence-corrected chi connectivity index (χ0v) is 13.3. The fourth-order valence-corrected chi connectivity index (χ4v) is 2.70. The maximum atomic E-state index is 12.0. The van der Waals surface area contributed by atoms with Gasteiger partial charge in [-0.15, -0.1) is 0 Å². The van der Waals surface area contributed by atoms with Crippen LogP contribution in [-0.2, 0) is 10.0 Å². The lowest BCUT2D eigenvalue weighted by Gasteiger charge is -2.10. The predicted molar refractivity (Wildman–Crippen MR) is 80.5 cm³/mol. The molecule has 1 amide bonds. The van der Waals surface area contributed by atoms with Crippen LogP contribution < -0.4 is 10.0 Å². The summed E-state index contributed by atoms with van der Waals surface area (Å²) in [5.41, 5.74) is 0.346. The lowest BCUT2D eigenvalue weighted by Crippen LogP contribution is -2.30. The minimum atomic E-state index is -3.55. The summed E-state index contributed by atoms with van der Waals surface area (Å²) in [6.07, 6.45) is -0.631. The number of aliphatic hydroxyl groups is 1. The van der Waals surface area contributed by atoms with Gasteiger partial charge in [-0.05, 0) is 37.1 Å². The Morgan fingerprint density at radius 1 is 1.14 bits per heavy atom. The van der Waals surface area contributed by atoms with Crippen molar-refractivity contribution in [3.63, 3.8) is 0 Å². The van der Waals surface area contributed by atoms with Gasteiger partial charge in [0, 0.05) is 18.7 Å². The molecule has 1 atom stereocenters. The Hall–Kier alpha value is -1.44. The fourth-order valence-electron chi connectivity index (χ4n) is 1.49. The van der Waals surface area contributed by atoms with E-state index < -0.39 is 16.1 Å². The molecule has 0 spiro atoms. The van der Waals surface area contributed by atoms with Crippen LogP contribution in [0.2, 0.25) is 0 Å². The minimum absolute atomic E-state index is 0.121. The van der Waals surface area contributed by atoms with Crippen molar-refractivity contribution in [2.45, 2.75) is 31.8 Å². The Morgan fingerprint density at radius 3 is 2.19 bits per heavy atom. The van der Waals surface area contributed by atoms with Crippen LogP contribution in [0.4, 0.5) is 0 Å². The number of rotatable bonds is 7. The van der Waals surface area contributed by atoms with Crippen LogP contribution in [0.15, 0.2) is 29.2 Å². The average molecular weight is 314 g/mol. The van der Waals surface area contributed by atoms with Crippen LogP contribution in [0, 0.1) is 5.92 Å². The molecule has 0 saturated heterocycles. The van der Waals surface area contributed by atoms with Crippen molar-refractivity contribution in [3.05, 3.63) is 29.8 Å². The molecule has 0 heterocycles. The van der Waals surface area contributed by atoms with Crippen LogP contribution in [-0.4, -0.2) is 38.6 Å². The molecule has 0 aliphatic heterocycles. The van der Waals surface area contributed by atoms with Gasteiger partial charge in [0.05, 0.1) is 11.0 Å². The predicted octanol–water partition coefficient (Wildman–Crippen LogP) is 0.732. The highest BCUT2D eigenvalue weighted by molar-refractivity contribution is 7.89. The zero-order chi connectivity index (χ0) is 16.0. The maximum absolute atomic E-state index is 12.0. The Kier molecular flexibility index (Phi) is 6.32. The first-order chi connectivity index (χ1) is 9.72. The van der Waals surface area contributed by atoms with E-state index in [4.69, 9.17) is 5.11 Å². The lowest BCUT2D eigenvalue weighted by molar-refractivity contribution is 0.0924. The summed E-state index contributed by atoms with van der Waals surface area (Å²) in [4.78, 5) is 11.9. The Labute approximate surface area is 125 Å². The molecule has 0 bridgehead atoms. The topological polar surface area (TPSA) is 95.5 Å². The first-order valence-corrected chi connectivity index (χ1v) is 8.26. The van der Waals surface area contributed by atoms with Crippen LogP contribution in [0.25, 0.3) is 0 Å². The second kappa shape index (κ2) is 7.53. The molecule has 0 saturated carbocycles. The van der Waals surface area contributed by atoms with E-state index in [1.54, 1.807) is 6.92 Å². The molecule has 3 N–H and O–H groups in total. The lowest BCUT2D eigenvalue weighted by atomic mass is 10.2. The van der Waals surface area contributed by atoms with Gasteiger partial charge in [-0.2, -0.15) is 0 Å². The van der Waals surface area contributed by atoms with Crippen molar-refractivity contribution in [3.8, 4) is 0 Å². The van der Waals surface area contributed by atoms with Gasteiger partial charge < -0.3 is 10.4 Å². The molecule has 0 fully saturated rings. The van der Waals surface area contributed by atoms with E-state index in [9.17, 15) is 13.2 Å². The standard InChI is InChI=1S/C14H22N2O4S/c1-10(2)8-16-21(19,20)13-6-4-12(5-7-13)14(18)15-9-11(3)17/h4-7,10-11,16-17H,8-9H2,1-3H3,(H,15,18). The molecular formula is C14H22N2O4S. The van der Waals surface area contributed by atoms with Crippen molar-refractivity contribution in [2.75, 3.05) is 13.1 Å². The fraction of sp³-hybridized carbons (Fsp3) is 0.500. The molecule has 1 rings (SSSR count). The molecule has 7 heteroatoms. The highest BCUT2D eigenvalue weighted by atomic mass is 32.2. The molecule has 1 aromatic rings. The number of nitrogens with one attached hydrogen (secondary N) is 2. The molecule has 1 aromatic carbocycles. The van der Waals surface area contributed by atoms with Gasteiger partial charge in [0.2, 0.25) is 10.0 Å². The van der Waals surface area contributed by atoms with Crippen LogP contribution >= 0.6 is 0 Å². The third-order valence-corrected chi connectivity index (χ3v) is 4.11. The van der Waals surface area contributed by atoms with E-state index in [1.807, 2.05) is 13.8 Å². The molecule has 118 valence electrons. The van der Waals surface area contributed by atoms with Gasteiger partial charge in [0.1, 0.15) is 0 Å². The summed E-state index contributed by atoms with van der Waals surface area (Å²) in [5, 5.41) is 11.6. The number of hydrogen-bond donors (Lipinski definition) is 3. The second-order valence-electron chi connectivity index (χ2n) is 5.33. The third kappa shape index (κ3) is 5.82.